The molecule has 0 aliphatic carbocycles. The molecule has 27 heavy (non-hydrogen) atoms. The van der Waals surface area contributed by atoms with Gasteiger partial charge in [0.15, 0.2) is 6.10 Å². The van der Waals surface area contributed by atoms with E-state index in [-0.39, 0.29) is 30.6 Å². The van der Waals surface area contributed by atoms with E-state index in [1.165, 1.54) is 0 Å². The van der Waals surface area contributed by atoms with Crippen molar-refractivity contribution in [2.75, 3.05) is 13.2 Å². The second kappa shape index (κ2) is 10.5. The Morgan fingerprint density at radius 1 is 0.889 bits per heavy atom. The van der Waals surface area contributed by atoms with Gasteiger partial charge in [0.1, 0.15) is 13.2 Å². The van der Waals surface area contributed by atoms with Crippen LogP contribution in [0.2, 0.25) is 0 Å². The molecule has 0 aromatic carbocycles. The zero-order valence-corrected chi connectivity index (χ0v) is 18.3. The van der Waals surface area contributed by atoms with Crippen LogP contribution in [-0.2, 0) is 23.8 Å². The van der Waals surface area contributed by atoms with Gasteiger partial charge in [0, 0.05) is 6.04 Å². The van der Waals surface area contributed by atoms with Gasteiger partial charge in [0.05, 0.1) is 11.3 Å². The van der Waals surface area contributed by atoms with E-state index in [0.717, 1.165) is 0 Å². The van der Waals surface area contributed by atoms with Gasteiger partial charge in [0.25, 0.3) is 0 Å². The van der Waals surface area contributed by atoms with Crippen molar-refractivity contribution in [3.63, 3.8) is 0 Å². The van der Waals surface area contributed by atoms with E-state index in [9.17, 15) is 14.4 Å². The first-order valence-electron chi connectivity index (χ1n) is 9.45. The van der Waals surface area contributed by atoms with Gasteiger partial charge >= 0.3 is 18.0 Å². The van der Waals surface area contributed by atoms with Crippen LogP contribution in [0, 0.1) is 16.7 Å². The summed E-state index contributed by atoms with van der Waals surface area (Å²) in [6, 6.07) is -0.0806. The summed E-state index contributed by atoms with van der Waals surface area (Å²) in [5.41, 5.74) is -0.783. The van der Waals surface area contributed by atoms with Crippen molar-refractivity contribution in [1.82, 2.24) is 5.32 Å². The number of alkyl carbamates (subject to hydrolysis) is 1. The maximum absolute atomic E-state index is 12.6. The number of amides is 1. The van der Waals surface area contributed by atoms with Crippen LogP contribution in [0.3, 0.4) is 0 Å². The Morgan fingerprint density at radius 3 is 1.85 bits per heavy atom. The number of carbonyl (C=O) groups excluding carboxylic acids is 3. The summed E-state index contributed by atoms with van der Waals surface area (Å²) >= 11 is 0. The Morgan fingerprint density at radius 2 is 1.41 bits per heavy atom. The summed E-state index contributed by atoms with van der Waals surface area (Å²) in [6.45, 7) is 16.4. The molecule has 0 bridgehead atoms. The van der Waals surface area contributed by atoms with Crippen LogP contribution in [0.15, 0.2) is 0 Å². The fourth-order valence-corrected chi connectivity index (χ4v) is 2.61. The fraction of sp³-hybridized carbons (Fsp3) is 0.850. The van der Waals surface area contributed by atoms with Crippen molar-refractivity contribution in [2.45, 2.75) is 80.9 Å². The normalized spacial score (nSPS) is 13.3. The van der Waals surface area contributed by atoms with E-state index in [0.29, 0.717) is 6.42 Å². The Balaban J connectivity index is 4.97. The Bertz CT molecular complexity index is 505. The molecule has 0 heterocycles. The monoisotopic (exact) mass is 387 g/mol. The average molecular weight is 388 g/mol. The van der Waals surface area contributed by atoms with Gasteiger partial charge in [-0.15, -0.1) is 0 Å². The molecule has 0 radical (unpaired) electrons. The predicted molar refractivity (Wildman–Crippen MR) is 103 cm³/mol. The molecule has 0 spiro atoms. The number of hydrogen-bond acceptors (Lipinski definition) is 6. The average Bonchev–Trinajstić information content (AvgIpc) is 2.45. The van der Waals surface area contributed by atoms with E-state index in [2.05, 4.69) is 5.32 Å². The van der Waals surface area contributed by atoms with E-state index >= 15 is 0 Å². The SMILES string of the molecule is CC(C)NC(=O)OCC(COC(=O)C(C)C)OC(=O)C(C)(C)CC(C)(C)C. The summed E-state index contributed by atoms with van der Waals surface area (Å²) in [5.74, 6) is -1.13. The second-order valence-corrected chi connectivity index (χ2v) is 9.33. The van der Waals surface area contributed by atoms with Gasteiger partial charge in [-0.1, -0.05) is 34.6 Å². The molecule has 7 heteroatoms. The van der Waals surface area contributed by atoms with Crippen molar-refractivity contribution < 1.29 is 28.6 Å². The minimum absolute atomic E-state index is 0.0597. The smallest absolute Gasteiger partial charge is 0.407 e. The molecule has 0 saturated heterocycles. The summed E-state index contributed by atoms with van der Waals surface area (Å²) < 4.78 is 15.8. The molecule has 1 amide bonds. The van der Waals surface area contributed by atoms with Crippen LogP contribution >= 0.6 is 0 Å². The second-order valence-electron chi connectivity index (χ2n) is 9.33. The van der Waals surface area contributed by atoms with E-state index in [1.54, 1.807) is 27.7 Å². The first-order valence-corrected chi connectivity index (χ1v) is 9.45. The highest BCUT2D eigenvalue weighted by Gasteiger charge is 2.36. The van der Waals surface area contributed by atoms with Crippen LogP contribution in [-0.4, -0.2) is 43.4 Å². The first-order chi connectivity index (χ1) is 12.1. The zero-order chi connectivity index (χ0) is 21.4. The molecule has 1 N–H and O–H groups in total. The van der Waals surface area contributed by atoms with Crippen molar-refractivity contribution in [1.29, 1.82) is 0 Å². The molecule has 7 nitrogen and oxygen atoms in total. The van der Waals surface area contributed by atoms with E-state index in [1.807, 2.05) is 34.6 Å². The Hall–Kier alpha value is -1.79. The molecule has 1 unspecified atom stereocenters. The summed E-state index contributed by atoms with van der Waals surface area (Å²) in [5, 5.41) is 2.59. The molecule has 0 saturated carbocycles. The highest BCUT2D eigenvalue weighted by Crippen LogP contribution is 2.34. The fourth-order valence-electron chi connectivity index (χ4n) is 2.61. The van der Waals surface area contributed by atoms with Crippen LogP contribution in [0.1, 0.15) is 68.7 Å². The summed E-state index contributed by atoms with van der Waals surface area (Å²) in [4.78, 5) is 36.0. The van der Waals surface area contributed by atoms with Gasteiger partial charge < -0.3 is 19.5 Å². The third kappa shape index (κ3) is 11.5. The topological polar surface area (TPSA) is 90.9 Å². The van der Waals surface area contributed by atoms with E-state index < -0.39 is 29.6 Å². The summed E-state index contributed by atoms with van der Waals surface area (Å²) in [7, 11) is 0. The number of hydrogen-bond donors (Lipinski definition) is 1. The first kappa shape index (κ1) is 25.2. The molecule has 0 fully saturated rings. The van der Waals surface area contributed by atoms with Gasteiger partial charge in [-0.25, -0.2) is 4.79 Å². The van der Waals surface area contributed by atoms with Crippen molar-refractivity contribution in [3.05, 3.63) is 0 Å². The molecule has 0 aromatic rings. The highest BCUT2D eigenvalue weighted by atomic mass is 16.6. The lowest BCUT2D eigenvalue weighted by atomic mass is 9.76. The number of esters is 2. The molecule has 0 aliphatic heterocycles. The van der Waals surface area contributed by atoms with E-state index in [4.69, 9.17) is 14.2 Å². The van der Waals surface area contributed by atoms with Crippen LogP contribution in [0.25, 0.3) is 0 Å². The van der Waals surface area contributed by atoms with Gasteiger partial charge in [-0.2, -0.15) is 0 Å². The van der Waals surface area contributed by atoms with Gasteiger partial charge in [0.2, 0.25) is 0 Å². The maximum atomic E-state index is 12.6. The van der Waals surface area contributed by atoms with Gasteiger partial charge in [-0.3, -0.25) is 9.59 Å². The lowest BCUT2D eigenvalue weighted by Gasteiger charge is -2.31. The molecular formula is C20H37NO6. The third-order valence-corrected chi connectivity index (χ3v) is 3.49. The quantitative estimate of drug-likeness (QED) is 0.479. The third-order valence-electron chi connectivity index (χ3n) is 3.49. The number of carbonyl (C=O) groups is 3. The molecular weight excluding hydrogens is 350 g/mol. The molecule has 0 rings (SSSR count). The van der Waals surface area contributed by atoms with Crippen LogP contribution in [0.5, 0.6) is 0 Å². The summed E-state index contributed by atoms with van der Waals surface area (Å²) in [6.07, 6.45) is -0.862. The number of ether oxygens (including phenoxy) is 3. The number of rotatable bonds is 9. The standard InChI is InChI=1S/C20H37NO6/c1-13(2)16(22)25-10-15(11-26-18(24)21-14(3)4)27-17(23)20(8,9)12-19(5,6)7/h13-15H,10-12H2,1-9H3,(H,21,24). The maximum Gasteiger partial charge on any atom is 0.407 e. The van der Waals surface area contributed by atoms with Crippen molar-refractivity contribution in [2.24, 2.45) is 16.7 Å². The van der Waals surface area contributed by atoms with Crippen LogP contribution < -0.4 is 5.32 Å². The minimum Gasteiger partial charge on any atom is -0.461 e. The predicted octanol–water partition coefficient (Wildman–Crippen LogP) is 3.69. The lowest BCUT2D eigenvalue weighted by Crippen LogP contribution is -2.39. The molecule has 1 atom stereocenters. The van der Waals surface area contributed by atoms with Crippen molar-refractivity contribution in [3.8, 4) is 0 Å². The van der Waals surface area contributed by atoms with Crippen LogP contribution in [0.4, 0.5) is 4.79 Å². The zero-order valence-electron chi connectivity index (χ0n) is 18.3. The number of nitrogens with one attached hydrogen (secondary N) is 1. The Kier molecular flexibility index (Phi) is 9.82. The minimum atomic E-state index is -0.864. The van der Waals surface area contributed by atoms with Gasteiger partial charge in [-0.05, 0) is 39.5 Å². The molecule has 0 aromatic heterocycles. The largest absolute Gasteiger partial charge is 0.461 e. The Labute approximate surface area is 163 Å². The van der Waals surface area contributed by atoms with Crippen molar-refractivity contribution >= 4 is 18.0 Å². The molecule has 0 aliphatic rings. The molecule has 158 valence electrons. The highest BCUT2D eigenvalue weighted by molar-refractivity contribution is 5.76. The lowest BCUT2D eigenvalue weighted by molar-refractivity contribution is -0.171.